The van der Waals surface area contributed by atoms with E-state index in [1.807, 2.05) is 18.2 Å². The molecule has 0 radical (unpaired) electrons. The first-order valence-corrected chi connectivity index (χ1v) is 7.41. The first kappa shape index (κ1) is 14.2. The van der Waals surface area contributed by atoms with Gasteiger partial charge in [-0.15, -0.1) is 0 Å². The van der Waals surface area contributed by atoms with Crippen molar-refractivity contribution in [2.75, 3.05) is 0 Å². The number of ketones is 2. The van der Waals surface area contributed by atoms with Crippen molar-refractivity contribution in [3.63, 3.8) is 0 Å². The number of allylic oxidation sites excluding steroid dienone is 2. The van der Waals surface area contributed by atoms with Crippen molar-refractivity contribution in [1.82, 2.24) is 0 Å². The van der Waals surface area contributed by atoms with Gasteiger partial charge < -0.3 is 0 Å². The van der Waals surface area contributed by atoms with E-state index in [9.17, 15) is 9.59 Å². The van der Waals surface area contributed by atoms with Crippen LogP contribution >= 0.6 is 15.9 Å². The molecule has 19 heavy (non-hydrogen) atoms. The van der Waals surface area contributed by atoms with E-state index in [0.29, 0.717) is 11.7 Å². The molecule has 0 unspecified atom stereocenters. The molecule has 0 spiro atoms. The second-order valence-electron chi connectivity index (χ2n) is 4.94. The first-order chi connectivity index (χ1) is 9.15. The van der Waals surface area contributed by atoms with Crippen molar-refractivity contribution in [1.29, 1.82) is 0 Å². The van der Waals surface area contributed by atoms with Gasteiger partial charge in [0.15, 0.2) is 5.78 Å². The van der Waals surface area contributed by atoms with Gasteiger partial charge in [0.05, 0.1) is 0 Å². The molecular weight excluding hydrogens is 304 g/mol. The average Bonchev–Trinajstić information content (AvgIpc) is 3.02. The number of Topliss-reactive ketones (excluding diaryl/α,β-unsaturated/α-hetero) is 1. The van der Waals surface area contributed by atoms with Crippen LogP contribution in [0.5, 0.6) is 0 Å². The summed E-state index contributed by atoms with van der Waals surface area (Å²) >= 11 is 3.40. The van der Waals surface area contributed by atoms with E-state index < -0.39 is 0 Å². The summed E-state index contributed by atoms with van der Waals surface area (Å²) in [6.45, 7) is 0. The number of carbonyl (C=O) groups excluding carboxylic acids is 2. The van der Waals surface area contributed by atoms with Crippen molar-refractivity contribution in [3.8, 4) is 0 Å². The molecule has 0 aromatic heterocycles. The summed E-state index contributed by atoms with van der Waals surface area (Å²) in [6.07, 6.45) is 7.77. The largest absolute Gasteiger partial charge is 0.300 e. The molecule has 1 saturated carbocycles. The third-order valence-corrected chi connectivity index (χ3v) is 3.98. The highest BCUT2D eigenvalue weighted by atomic mass is 79.9. The number of carbonyl (C=O) groups is 2. The standard InChI is InChI=1S/C11H11BrO.C5H6O/c12-10-4-1-8(2-5-10)9-3-6-11(13)7-9;6-5-3-1-2-4-5/h1-2,4-5,9H,3,6-7H2;1,3H,2,4H2/t9-;/m0./s1. The third kappa shape index (κ3) is 4.43. The molecule has 1 aromatic carbocycles. The van der Waals surface area contributed by atoms with Gasteiger partial charge in [-0.25, -0.2) is 0 Å². The molecule has 100 valence electrons. The van der Waals surface area contributed by atoms with E-state index in [-0.39, 0.29) is 5.78 Å². The Morgan fingerprint density at radius 2 is 1.79 bits per heavy atom. The van der Waals surface area contributed by atoms with Gasteiger partial charge in [0.2, 0.25) is 0 Å². The molecule has 2 aliphatic rings. The lowest BCUT2D eigenvalue weighted by Gasteiger charge is -2.07. The van der Waals surface area contributed by atoms with Gasteiger partial charge in [0.1, 0.15) is 5.78 Å². The van der Waals surface area contributed by atoms with E-state index >= 15 is 0 Å². The summed E-state index contributed by atoms with van der Waals surface area (Å²) in [5, 5.41) is 0. The second kappa shape index (κ2) is 6.80. The number of halogens is 1. The van der Waals surface area contributed by atoms with E-state index in [2.05, 4.69) is 28.1 Å². The van der Waals surface area contributed by atoms with Gasteiger partial charge in [-0.3, -0.25) is 9.59 Å². The van der Waals surface area contributed by atoms with E-state index in [0.717, 1.165) is 36.6 Å². The highest BCUT2D eigenvalue weighted by molar-refractivity contribution is 9.10. The zero-order valence-corrected chi connectivity index (χ0v) is 12.4. The summed E-state index contributed by atoms with van der Waals surface area (Å²) in [6, 6.07) is 8.29. The van der Waals surface area contributed by atoms with Crippen LogP contribution in [0.4, 0.5) is 0 Å². The van der Waals surface area contributed by atoms with Crippen LogP contribution in [-0.2, 0) is 9.59 Å². The van der Waals surface area contributed by atoms with E-state index in [4.69, 9.17) is 0 Å². The molecule has 1 fully saturated rings. The maximum atomic E-state index is 11.1. The zero-order valence-electron chi connectivity index (χ0n) is 10.8. The minimum absolute atomic E-state index is 0.273. The molecule has 0 bridgehead atoms. The van der Waals surface area contributed by atoms with Crippen LogP contribution < -0.4 is 0 Å². The normalized spacial score (nSPS) is 21.4. The van der Waals surface area contributed by atoms with Crippen LogP contribution in [0, 0.1) is 0 Å². The highest BCUT2D eigenvalue weighted by Crippen LogP contribution is 2.32. The molecule has 0 aliphatic heterocycles. The van der Waals surface area contributed by atoms with E-state index in [1.54, 1.807) is 6.08 Å². The quantitative estimate of drug-likeness (QED) is 0.777. The molecule has 1 atom stereocenters. The van der Waals surface area contributed by atoms with Gasteiger partial charge in [0, 0.05) is 23.7 Å². The molecule has 3 heteroatoms. The van der Waals surface area contributed by atoms with Crippen LogP contribution in [0.25, 0.3) is 0 Å². The zero-order chi connectivity index (χ0) is 13.7. The summed E-state index contributed by atoms with van der Waals surface area (Å²) < 4.78 is 1.10. The van der Waals surface area contributed by atoms with Crippen molar-refractivity contribution < 1.29 is 9.59 Å². The molecule has 0 N–H and O–H groups in total. The summed E-state index contributed by atoms with van der Waals surface area (Å²) in [5.74, 6) is 1.16. The van der Waals surface area contributed by atoms with Gasteiger partial charge in [-0.05, 0) is 42.5 Å². The fraction of sp³-hybridized carbons (Fsp3) is 0.375. The van der Waals surface area contributed by atoms with Crippen molar-refractivity contribution in [2.45, 2.75) is 38.0 Å². The maximum absolute atomic E-state index is 11.1. The molecule has 1 aromatic rings. The topological polar surface area (TPSA) is 34.1 Å². The third-order valence-electron chi connectivity index (χ3n) is 3.45. The molecule has 3 rings (SSSR count). The van der Waals surface area contributed by atoms with Crippen molar-refractivity contribution in [3.05, 3.63) is 46.5 Å². The Bertz CT molecular complexity index is 488. The molecule has 2 nitrogen and oxygen atoms in total. The maximum Gasteiger partial charge on any atom is 0.155 e. The van der Waals surface area contributed by atoms with Gasteiger partial charge in [-0.1, -0.05) is 34.1 Å². The Morgan fingerprint density at radius 3 is 2.21 bits per heavy atom. The Kier molecular flexibility index (Phi) is 5.08. The smallest absolute Gasteiger partial charge is 0.155 e. The van der Waals surface area contributed by atoms with Gasteiger partial charge in [-0.2, -0.15) is 0 Å². The Morgan fingerprint density at radius 1 is 1.05 bits per heavy atom. The predicted molar refractivity (Wildman–Crippen MR) is 79.1 cm³/mol. The van der Waals surface area contributed by atoms with Crippen LogP contribution in [0.1, 0.15) is 43.6 Å². The number of hydrogen-bond acceptors (Lipinski definition) is 2. The van der Waals surface area contributed by atoms with Gasteiger partial charge >= 0.3 is 0 Å². The molecule has 2 aliphatic carbocycles. The molecule has 0 amide bonds. The molecule has 0 saturated heterocycles. The summed E-state index contributed by atoms with van der Waals surface area (Å²) in [5.41, 5.74) is 1.30. The minimum atomic E-state index is 0.273. The van der Waals surface area contributed by atoms with Crippen LogP contribution in [0.2, 0.25) is 0 Å². The Hall–Kier alpha value is -1.22. The number of rotatable bonds is 1. The summed E-state index contributed by atoms with van der Waals surface area (Å²) in [7, 11) is 0. The highest BCUT2D eigenvalue weighted by Gasteiger charge is 2.22. The lowest BCUT2D eigenvalue weighted by atomic mass is 9.98. The molecular formula is C16H17BrO2. The van der Waals surface area contributed by atoms with Gasteiger partial charge in [0.25, 0.3) is 0 Å². The lowest BCUT2D eigenvalue weighted by Crippen LogP contribution is -1.93. The fourth-order valence-corrected chi connectivity index (χ4v) is 2.62. The monoisotopic (exact) mass is 320 g/mol. The minimum Gasteiger partial charge on any atom is -0.300 e. The predicted octanol–water partition coefficient (Wildman–Crippen LogP) is 4.19. The second-order valence-corrected chi connectivity index (χ2v) is 5.85. The molecule has 0 heterocycles. The first-order valence-electron chi connectivity index (χ1n) is 6.61. The van der Waals surface area contributed by atoms with Crippen LogP contribution in [0.15, 0.2) is 40.9 Å². The SMILES string of the molecule is O=C1C=CCC1.O=C1CC[C@H](c2ccc(Br)cc2)C1. The van der Waals surface area contributed by atoms with Crippen molar-refractivity contribution >= 4 is 27.5 Å². The van der Waals surface area contributed by atoms with Crippen LogP contribution in [-0.4, -0.2) is 11.6 Å². The average molecular weight is 321 g/mol. The van der Waals surface area contributed by atoms with Crippen LogP contribution in [0.3, 0.4) is 0 Å². The van der Waals surface area contributed by atoms with Crippen molar-refractivity contribution in [2.24, 2.45) is 0 Å². The Balaban J connectivity index is 0.000000186. The Labute approximate surface area is 122 Å². The lowest BCUT2D eigenvalue weighted by molar-refractivity contribution is -0.117. The number of benzene rings is 1. The summed E-state index contributed by atoms with van der Waals surface area (Å²) in [4.78, 5) is 21.2. The fourth-order valence-electron chi connectivity index (χ4n) is 2.36. The van der Waals surface area contributed by atoms with E-state index in [1.165, 1.54) is 5.56 Å². The number of hydrogen-bond donors (Lipinski definition) is 0.